The highest BCUT2D eigenvalue weighted by molar-refractivity contribution is 5.97. The SMILES string of the molecule is COCCCNC(=O)c1cccc(NC(=O)CNCc2ccco2)c1. The van der Waals surface area contributed by atoms with E-state index in [2.05, 4.69) is 16.0 Å². The molecule has 7 heteroatoms. The highest BCUT2D eigenvalue weighted by Crippen LogP contribution is 2.10. The molecule has 7 nitrogen and oxygen atoms in total. The molecule has 0 aliphatic carbocycles. The van der Waals surface area contributed by atoms with Gasteiger partial charge in [-0.1, -0.05) is 6.07 Å². The van der Waals surface area contributed by atoms with Crippen molar-refractivity contribution in [1.82, 2.24) is 10.6 Å². The second-order valence-electron chi connectivity index (χ2n) is 5.41. The van der Waals surface area contributed by atoms with Crippen molar-refractivity contribution in [3.05, 3.63) is 54.0 Å². The van der Waals surface area contributed by atoms with E-state index in [0.717, 1.165) is 12.2 Å². The summed E-state index contributed by atoms with van der Waals surface area (Å²) in [5.41, 5.74) is 1.08. The van der Waals surface area contributed by atoms with Gasteiger partial charge in [0.1, 0.15) is 5.76 Å². The minimum absolute atomic E-state index is 0.147. The fourth-order valence-corrected chi connectivity index (χ4v) is 2.18. The van der Waals surface area contributed by atoms with Gasteiger partial charge < -0.3 is 25.1 Å². The van der Waals surface area contributed by atoms with Crippen LogP contribution in [0.4, 0.5) is 5.69 Å². The smallest absolute Gasteiger partial charge is 0.251 e. The first-order chi connectivity index (χ1) is 12.2. The summed E-state index contributed by atoms with van der Waals surface area (Å²) in [6.07, 6.45) is 2.34. The fourth-order valence-electron chi connectivity index (χ4n) is 2.18. The second kappa shape index (κ2) is 10.3. The molecule has 2 rings (SSSR count). The van der Waals surface area contributed by atoms with Crippen LogP contribution in [0.15, 0.2) is 47.1 Å². The Morgan fingerprint density at radius 2 is 2.08 bits per heavy atom. The summed E-state index contributed by atoms with van der Waals surface area (Å²) in [4.78, 5) is 24.0. The normalized spacial score (nSPS) is 10.4. The van der Waals surface area contributed by atoms with Gasteiger partial charge in [-0.05, 0) is 36.8 Å². The van der Waals surface area contributed by atoms with Crippen LogP contribution in [0.3, 0.4) is 0 Å². The first-order valence-corrected chi connectivity index (χ1v) is 8.09. The molecule has 0 fully saturated rings. The fraction of sp³-hybridized carbons (Fsp3) is 0.333. The lowest BCUT2D eigenvalue weighted by Gasteiger charge is -2.09. The molecule has 3 N–H and O–H groups in total. The average molecular weight is 345 g/mol. The molecule has 134 valence electrons. The van der Waals surface area contributed by atoms with E-state index in [0.29, 0.717) is 30.9 Å². The van der Waals surface area contributed by atoms with Crippen molar-refractivity contribution in [2.75, 3.05) is 32.1 Å². The quantitative estimate of drug-likeness (QED) is 0.571. The molecular weight excluding hydrogens is 322 g/mol. The van der Waals surface area contributed by atoms with E-state index in [-0.39, 0.29) is 18.4 Å². The molecular formula is C18H23N3O4. The first-order valence-electron chi connectivity index (χ1n) is 8.09. The van der Waals surface area contributed by atoms with Crippen molar-refractivity contribution in [3.8, 4) is 0 Å². The number of anilines is 1. The van der Waals surface area contributed by atoms with Crippen LogP contribution in [0.25, 0.3) is 0 Å². The van der Waals surface area contributed by atoms with Crippen LogP contribution in [0, 0.1) is 0 Å². The number of amides is 2. The lowest BCUT2D eigenvalue weighted by atomic mass is 10.2. The van der Waals surface area contributed by atoms with Crippen LogP contribution >= 0.6 is 0 Å². The molecule has 0 saturated heterocycles. The molecule has 1 heterocycles. The number of hydrogen-bond donors (Lipinski definition) is 3. The standard InChI is InChI=1S/C18H23N3O4/c1-24-9-4-8-20-18(23)14-5-2-6-15(11-14)21-17(22)13-19-12-16-7-3-10-25-16/h2-3,5-7,10-11,19H,4,8-9,12-13H2,1H3,(H,20,23)(H,21,22). The van der Waals surface area contributed by atoms with Gasteiger partial charge in [-0.25, -0.2) is 0 Å². The highest BCUT2D eigenvalue weighted by Gasteiger charge is 2.08. The zero-order valence-electron chi connectivity index (χ0n) is 14.2. The Hall–Kier alpha value is -2.64. The van der Waals surface area contributed by atoms with Crippen molar-refractivity contribution in [1.29, 1.82) is 0 Å². The van der Waals surface area contributed by atoms with Gasteiger partial charge >= 0.3 is 0 Å². The van der Waals surface area contributed by atoms with Crippen LogP contribution in [0.1, 0.15) is 22.5 Å². The summed E-state index contributed by atoms with van der Waals surface area (Å²) in [6, 6.07) is 10.5. The summed E-state index contributed by atoms with van der Waals surface area (Å²) in [7, 11) is 1.62. The van der Waals surface area contributed by atoms with E-state index >= 15 is 0 Å². The first kappa shape index (κ1) is 18.7. The third kappa shape index (κ3) is 6.78. The molecule has 25 heavy (non-hydrogen) atoms. The molecule has 0 aliphatic rings. The lowest BCUT2D eigenvalue weighted by molar-refractivity contribution is -0.115. The Balaban J connectivity index is 1.77. The molecule has 2 aromatic rings. The van der Waals surface area contributed by atoms with E-state index in [4.69, 9.17) is 9.15 Å². The maximum atomic E-state index is 12.1. The predicted molar refractivity (Wildman–Crippen MR) is 94.3 cm³/mol. The average Bonchev–Trinajstić information content (AvgIpc) is 3.12. The van der Waals surface area contributed by atoms with E-state index in [9.17, 15) is 9.59 Å². The van der Waals surface area contributed by atoms with Crippen molar-refractivity contribution < 1.29 is 18.7 Å². The predicted octanol–water partition coefficient (Wildman–Crippen LogP) is 1.77. The zero-order valence-corrected chi connectivity index (χ0v) is 14.2. The second-order valence-corrected chi connectivity index (χ2v) is 5.41. The molecule has 1 aromatic heterocycles. The van der Waals surface area contributed by atoms with Gasteiger partial charge in [0.05, 0.1) is 19.4 Å². The van der Waals surface area contributed by atoms with Crippen molar-refractivity contribution in [3.63, 3.8) is 0 Å². The number of benzene rings is 1. The van der Waals surface area contributed by atoms with Crippen molar-refractivity contribution in [2.24, 2.45) is 0 Å². The Morgan fingerprint density at radius 1 is 1.20 bits per heavy atom. The molecule has 0 aliphatic heterocycles. The number of carbonyl (C=O) groups excluding carboxylic acids is 2. The van der Waals surface area contributed by atoms with Gasteiger partial charge in [0.2, 0.25) is 5.91 Å². The van der Waals surface area contributed by atoms with Gasteiger partial charge in [0, 0.05) is 31.5 Å². The zero-order chi connectivity index (χ0) is 17.9. The lowest BCUT2D eigenvalue weighted by Crippen LogP contribution is -2.28. The number of methoxy groups -OCH3 is 1. The summed E-state index contributed by atoms with van der Waals surface area (Å²) in [5, 5.41) is 8.56. The molecule has 0 spiro atoms. The molecule has 1 aromatic carbocycles. The van der Waals surface area contributed by atoms with Crippen LogP contribution in [0.2, 0.25) is 0 Å². The van der Waals surface area contributed by atoms with E-state index in [1.165, 1.54) is 0 Å². The molecule has 0 atom stereocenters. The molecule has 0 radical (unpaired) electrons. The molecule has 0 bridgehead atoms. The number of carbonyl (C=O) groups is 2. The Kier molecular flexibility index (Phi) is 7.68. The molecule has 0 unspecified atom stereocenters. The third-order valence-corrected chi connectivity index (χ3v) is 3.38. The summed E-state index contributed by atoms with van der Waals surface area (Å²) in [5.74, 6) is 0.396. The molecule has 0 saturated carbocycles. The Morgan fingerprint density at radius 3 is 2.84 bits per heavy atom. The van der Waals surface area contributed by atoms with Crippen LogP contribution in [0.5, 0.6) is 0 Å². The van der Waals surface area contributed by atoms with E-state index < -0.39 is 0 Å². The van der Waals surface area contributed by atoms with Crippen molar-refractivity contribution in [2.45, 2.75) is 13.0 Å². The minimum Gasteiger partial charge on any atom is -0.468 e. The Labute approximate surface area is 146 Å². The minimum atomic E-state index is -0.191. The Bertz CT molecular complexity index is 671. The summed E-state index contributed by atoms with van der Waals surface area (Å²) >= 11 is 0. The molecule has 2 amide bonds. The van der Waals surface area contributed by atoms with Gasteiger partial charge in [-0.15, -0.1) is 0 Å². The topological polar surface area (TPSA) is 92.6 Å². The van der Waals surface area contributed by atoms with Crippen LogP contribution in [-0.2, 0) is 16.1 Å². The summed E-state index contributed by atoms with van der Waals surface area (Å²) < 4.78 is 10.1. The number of furan rings is 1. The maximum Gasteiger partial charge on any atom is 0.251 e. The van der Waals surface area contributed by atoms with Crippen LogP contribution < -0.4 is 16.0 Å². The number of hydrogen-bond acceptors (Lipinski definition) is 5. The maximum absolute atomic E-state index is 12.1. The van der Waals surface area contributed by atoms with Gasteiger partial charge in [-0.2, -0.15) is 0 Å². The number of ether oxygens (including phenoxy) is 1. The van der Waals surface area contributed by atoms with Crippen molar-refractivity contribution >= 4 is 17.5 Å². The highest BCUT2D eigenvalue weighted by atomic mass is 16.5. The van der Waals surface area contributed by atoms with Gasteiger partial charge in [0.25, 0.3) is 5.91 Å². The van der Waals surface area contributed by atoms with E-state index in [1.54, 1.807) is 43.7 Å². The summed E-state index contributed by atoms with van der Waals surface area (Å²) in [6.45, 7) is 1.76. The third-order valence-electron chi connectivity index (χ3n) is 3.38. The van der Waals surface area contributed by atoms with Crippen LogP contribution in [-0.4, -0.2) is 38.6 Å². The largest absolute Gasteiger partial charge is 0.468 e. The van der Waals surface area contributed by atoms with Gasteiger partial charge in [-0.3, -0.25) is 9.59 Å². The van der Waals surface area contributed by atoms with E-state index in [1.807, 2.05) is 6.07 Å². The van der Waals surface area contributed by atoms with Gasteiger partial charge in [0.15, 0.2) is 0 Å². The number of rotatable bonds is 10. The number of nitrogens with one attached hydrogen (secondary N) is 3. The monoisotopic (exact) mass is 345 g/mol.